The van der Waals surface area contributed by atoms with Crippen molar-refractivity contribution < 1.29 is 0 Å². The Bertz CT molecular complexity index is 987. The molecule has 162 valence electrons. The van der Waals surface area contributed by atoms with Gasteiger partial charge in [0.25, 0.3) is 0 Å². The second-order valence-electron chi connectivity index (χ2n) is 9.32. The number of benzene rings is 2. The zero-order valence-electron chi connectivity index (χ0n) is 19.4. The summed E-state index contributed by atoms with van der Waals surface area (Å²) < 4.78 is 0. The molecule has 0 atom stereocenters. The SMILES string of the molecule is CCCCCCCCCCc1cc(Cc2ccccc2)nc2c1-c1ccc(C)cc1C2. The molecule has 0 unspecified atom stereocenters. The number of unbranched alkanes of at least 4 members (excludes halogenated alkanes) is 7. The zero-order chi connectivity index (χ0) is 21.5. The van der Waals surface area contributed by atoms with Gasteiger partial charge in [-0.1, -0.05) is 106 Å². The van der Waals surface area contributed by atoms with Crippen molar-refractivity contribution in [1.29, 1.82) is 0 Å². The number of fused-ring (bicyclic) bond motifs is 3. The molecule has 1 aliphatic rings. The van der Waals surface area contributed by atoms with Gasteiger partial charge in [0.15, 0.2) is 0 Å². The topological polar surface area (TPSA) is 12.9 Å². The Hall–Kier alpha value is -2.41. The lowest BCUT2D eigenvalue weighted by Gasteiger charge is -2.13. The van der Waals surface area contributed by atoms with Crippen molar-refractivity contribution in [3.63, 3.8) is 0 Å². The number of hydrogen-bond donors (Lipinski definition) is 0. The van der Waals surface area contributed by atoms with Crippen LogP contribution in [-0.2, 0) is 19.3 Å². The van der Waals surface area contributed by atoms with Gasteiger partial charge in [-0.05, 0) is 48.1 Å². The molecule has 0 aliphatic heterocycles. The minimum absolute atomic E-state index is 0.925. The van der Waals surface area contributed by atoms with Crippen LogP contribution in [0.3, 0.4) is 0 Å². The van der Waals surface area contributed by atoms with Gasteiger partial charge < -0.3 is 0 Å². The predicted molar refractivity (Wildman–Crippen MR) is 133 cm³/mol. The van der Waals surface area contributed by atoms with E-state index in [1.165, 1.54) is 103 Å². The summed E-state index contributed by atoms with van der Waals surface area (Å²) in [4.78, 5) is 5.14. The maximum Gasteiger partial charge on any atom is 0.0532 e. The Morgan fingerprint density at radius 1 is 0.806 bits per heavy atom. The van der Waals surface area contributed by atoms with E-state index in [0.717, 1.165) is 12.8 Å². The van der Waals surface area contributed by atoms with E-state index >= 15 is 0 Å². The second-order valence-corrected chi connectivity index (χ2v) is 9.32. The van der Waals surface area contributed by atoms with Crippen molar-refractivity contribution in [2.24, 2.45) is 0 Å². The van der Waals surface area contributed by atoms with E-state index in [4.69, 9.17) is 4.98 Å². The highest BCUT2D eigenvalue weighted by atomic mass is 14.7. The molecule has 0 saturated heterocycles. The van der Waals surface area contributed by atoms with Gasteiger partial charge >= 0.3 is 0 Å². The molecule has 4 rings (SSSR count). The summed E-state index contributed by atoms with van der Waals surface area (Å²) in [5.74, 6) is 0. The highest BCUT2D eigenvalue weighted by Crippen LogP contribution is 2.39. The standard InChI is InChI=1S/C30H37N/c1-3-4-5-6-7-8-9-13-16-25-21-27(20-24-14-11-10-12-15-24)31-29-22-26-19-23(2)17-18-28(26)30(25)29/h10-12,14-15,17-19,21H,3-9,13,16,20,22H2,1-2H3. The first-order valence-electron chi connectivity index (χ1n) is 12.4. The van der Waals surface area contributed by atoms with Gasteiger partial charge in [-0.25, -0.2) is 0 Å². The molecule has 0 fully saturated rings. The number of nitrogens with zero attached hydrogens (tertiary/aromatic N) is 1. The lowest BCUT2D eigenvalue weighted by molar-refractivity contribution is 0.575. The van der Waals surface area contributed by atoms with Crippen LogP contribution in [0, 0.1) is 6.92 Å². The summed E-state index contributed by atoms with van der Waals surface area (Å²) in [6.07, 6.45) is 14.0. The third-order valence-corrected chi connectivity index (χ3v) is 6.64. The molecule has 1 heteroatoms. The molecule has 0 amide bonds. The van der Waals surface area contributed by atoms with Crippen LogP contribution in [-0.4, -0.2) is 4.98 Å². The quantitative estimate of drug-likeness (QED) is 0.226. The molecule has 1 aliphatic carbocycles. The van der Waals surface area contributed by atoms with Gasteiger partial charge in [0, 0.05) is 24.1 Å². The molecule has 1 nitrogen and oxygen atoms in total. The van der Waals surface area contributed by atoms with Crippen molar-refractivity contribution in [3.05, 3.63) is 88.2 Å². The minimum atomic E-state index is 0.925. The average Bonchev–Trinajstić information content (AvgIpc) is 3.13. The van der Waals surface area contributed by atoms with Crippen molar-refractivity contribution >= 4 is 0 Å². The van der Waals surface area contributed by atoms with E-state index < -0.39 is 0 Å². The van der Waals surface area contributed by atoms with E-state index in [0.29, 0.717) is 0 Å². The predicted octanol–water partition coefficient (Wildman–Crippen LogP) is 8.24. The van der Waals surface area contributed by atoms with E-state index in [-0.39, 0.29) is 0 Å². The van der Waals surface area contributed by atoms with Crippen LogP contribution < -0.4 is 0 Å². The molecule has 0 bridgehead atoms. The molecule has 0 spiro atoms. The first-order valence-corrected chi connectivity index (χ1v) is 12.4. The molecule has 1 heterocycles. The van der Waals surface area contributed by atoms with Crippen LogP contribution in [0.2, 0.25) is 0 Å². The number of rotatable bonds is 11. The second kappa shape index (κ2) is 10.8. The minimum Gasteiger partial charge on any atom is -0.257 e. The highest BCUT2D eigenvalue weighted by molar-refractivity contribution is 5.78. The molecule has 31 heavy (non-hydrogen) atoms. The fraction of sp³-hybridized carbons (Fsp3) is 0.433. The number of hydrogen-bond acceptors (Lipinski definition) is 1. The normalized spacial score (nSPS) is 12.1. The van der Waals surface area contributed by atoms with Gasteiger partial charge in [0.2, 0.25) is 0 Å². The fourth-order valence-electron chi connectivity index (χ4n) is 5.01. The van der Waals surface area contributed by atoms with Crippen LogP contribution in [0.25, 0.3) is 11.1 Å². The monoisotopic (exact) mass is 411 g/mol. The highest BCUT2D eigenvalue weighted by Gasteiger charge is 2.23. The smallest absolute Gasteiger partial charge is 0.0532 e. The van der Waals surface area contributed by atoms with Crippen LogP contribution in [0.1, 0.15) is 91.9 Å². The summed E-state index contributed by atoms with van der Waals surface area (Å²) in [7, 11) is 0. The first-order chi connectivity index (χ1) is 15.2. The number of aryl methyl sites for hydroxylation is 2. The summed E-state index contributed by atoms with van der Waals surface area (Å²) >= 11 is 0. The molecule has 0 radical (unpaired) electrons. The van der Waals surface area contributed by atoms with Crippen LogP contribution in [0.4, 0.5) is 0 Å². The largest absolute Gasteiger partial charge is 0.257 e. The summed E-state index contributed by atoms with van der Waals surface area (Å²) in [6, 6.07) is 20.1. The Labute approximate surface area is 189 Å². The van der Waals surface area contributed by atoms with E-state index in [2.05, 4.69) is 68.4 Å². The molecule has 3 aromatic rings. The first kappa shape index (κ1) is 21.8. The van der Waals surface area contributed by atoms with Gasteiger partial charge in [-0.2, -0.15) is 0 Å². The number of pyridine rings is 1. The zero-order valence-corrected chi connectivity index (χ0v) is 19.4. The Morgan fingerprint density at radius 3 is 2.32 bits per heavy atom. The molecular weight excluding hydrogens is 374 g/mol. The molecule has 1 aromatic heterocycles. The van der Waals surface area contributed by atoms with Crippen LogP contribution in [0.5, 0.6) is 0 Å². The molecular formula is C30H37N. The third kappa shape index (κ3) is 5.64. The van der Waals surface area contributed by atoms with Gasteiger partial charge in [-0.3, -0.25) is 4.98 Å². The van der Waals surface area contributed by atoms with Crippen molar-refractivity contribution in [2.45, 2.75) is 84.5 Å². The Kier molecular flexibility index (Phi) is 7.57. The lowest BCUT2D eigenvalue weighted by Crippen LogP contribution is -2.01. The summed E-state index contributed by atoms with van der Waals surface area (Å²) in [6.45, 7) is 4.48. The maximum atomic E-state index is 5.14. The Balaban J connectivity index is 1.49. The van der Waals surface area contributed by atoms with Gasteiger partial charge in [-0.15, -0.1) is 0 Å². The van der Waals surface area contributed by atoms with Crippen LogP contribution >= 0.6 is 0 Å². The van der Waals surface area contributed by atoms with Crippen molar-refractivity contribution in [1.82, 2.24) is 4.98 Å². The van der Waals surface area contributed by atoms with Gasteiger partial charge in [0.05, 0.1) is 5.69 Å². The third-order valence-electron chi connectivity index (χ3n) is 6.64. The van der Waals surface area contributed by atoms with Crippen LogP contribution in [0.15, 0.2) is 54.6 Å². The lowest BCUT2D eigenvalue weighted by atomic mass is 9.95. The number of aromatic nitrogens is 1. The van der Waals surface area contributed by atoms with E-state index in [1.807, 2.05) is 0 Å². The molecule has 0 N–H and O–H groups in total. The summed E-state index contributed by atoms with van der Waals surface area (Å²) in [5.41, 5.74) is 11.1. The van der Waals surface area contributed by atoms with E-state index in [1.54, 1.807) is 0 Å². The Morgan fingerprint density at radius 2 is 1.55 bits per heavy atom. The van der Waals surface area contributed by atoms with Crippen molar-refractivity contribution in [2.75, 3.05) is 0 Å². The average molecular weight is 412 g/mol. The molecule has 2 aromatic carbocycles. The molecule has 0 saturated carbocycles. The fourth-order valence-corrected chi connectivity index (χ4v) is 5.01. The van der Waals surface area contributed by atoms with Gasteiger partial charge in [0.1, 0.15) is 0 Å². The maximum absolute atomic E-state index is 5.14. The van der Waals surface area contributed by atoms with E-state index in [9.17, 15) is 0 Å². The summed E-state index contributed by atoms with van der Waals surface area (Å²) in [5, 5.41) is 0. The van der Waals surface area contributed by atoms with Crippen molar-refractivity contribution in [3.8, 4) is 11.1 Å².